The highest BCUT2D eigenvalue weighted by molar-refractivity contribution is 5.81. The van der Waals surface area contributed by atoms with E-state index in [2.05, 4.69) is 111 Å². The lowest BCUT2D eigenvalue weighted by Crippen LogP contribution is -1.97. The van der Waals surface area contributed by atoms with Crippen LogP contribution in [-0.4, -0.2) is 9.13 Å². The molecule has 4 rings (SSSR count). The predicted molar refractivity (Wildman–Crippen MR) is 109 cm³/mol. The maximum Gasteiger partial charge on any atom is 0.0485 e. The van der Waals surface area contributed by atoms with Crippen LogP contribution in [0.1, 0.15) is 45.3 Å². The van der Waals surface area contributed by atoms with Crippen molar-refractivity contribution in [2.45, 2.75) is 46.7 Å². The van der Waals surface area contributed by atoms with Crippen molar-refractivity contribution in [1.82, 2.24) is 9.13 Å². The van der Waals surface area contributed by atoms with Crippen molar-refractivity contribution >= 4 is 21.8 Å². The number of fused-ring (bicyclic) bond motifs is 2. The summed E-state index contributed by atoms with van der Waals surface area (Å²) in [6.45, 7) is 11.0. The van der Waals surface area contributed by atoms with E-state index < -0.39 is 0 Å². The van der Waals surface area contributed by atoms with Gasteiger partial charge in [-0.2, -0.15) is 0 Å². The van der Waals surface area contributed by atoms with Gasteiger partial charge in [-0.1, -0.05) is 30.3 Å². The summed E-state index contributed by atoms with van der Waals surface area (Å²) in [5, 5.41) is 2.66. The van der Waals surface area contributed by atoms with Crippen LogP contribution in [0.3, 0.4) is 0 Å². The molecule has 2 nitrogen and oxygen atoms in total. The van der Waals surface area contributed by atoms with E-state index in [1.165, 1.54) is 27.4 Å². The topological polar surface area (TPSA) is 9.86 Å². The second-order valence-corrected chi connectivity index (χ2v) is 7.25. The van der Waals surface area contributed by atoms with Crippen molar-refractivity contribution in [3.63, 3.8) is 0 Å². The molecule has 0 aliphatic rings. The molecule has 2 heterocycles. The monoisotopic (exact) mass is 332 g/mol. The number of hydrogen-bond acceptors (Lipinski definition) is 0. The molecule has 0 unspecified atom stereocenters. The largest absolute Gasteiger partial charge is 0.345 e. The highest BCUT2D eigenvalue weighted by Gasteiger charge is 2.03. The molecule has 4 aromatic rings. The first-order valence-corrected chi connectivity index (χ1v) is 9.10. The Labute approximate surface area is 150 Å². The van der Waals surface area contributed by atoms with Crippen molar-refractivity contribution in [3.05, 3.63) is 72.6 Å². The highest BCUT2D eigenvalue weighted by atomic mass is 15.0. The first-order valence-electron chi connectivity index (χ1n) is 9.10. The summed E-state index contributed by atoms with van der Waals surface area (Å²) in [4.78, 5) is 0. The van der Waals surface area contributed by atoms with Crippen LogP contribution in [0.4, 0.5) is 0 Å². The van der Waals surface area contributed by atoms with Gasteiger partial charge < -0.3 is 9.13 Å². The molecule has 0 bridgehead atoms. The lowest BCUT2D eigenvalue weighted by molar-refractivity contribution is 0.623. The number of rotatable bonds is 2. The lowest BCUT2D eigenvalue weighted by Gasteiger charge is -2.09. The fraction of sp³-hybridized carbons (Fsp3) is 0.304. The first kappa shape index (κ1) is 17.3. The smallest absolute Gasteiger partial charge is 0.0485 e. The van der Waals surface area contributed by atoms with E-state index in [1.54, 1.807) is 0 Å². The third-order valence-electron chi connectivity index (χ3n) is 4.62. The summed E-state index contributed by atoms with van der Waals surface area (Å²) < 4.78 is 4.59. The Balaban J connectivity index is 0.000000146. The highest BCUT2D eigenvalue weighted by Crippen LogP contribution is 2.21. The van der Waals surface area contributed by atoms with Gasteiger partial charge in [0, 0.05) is 35.5 Å². The number of hydrogen-bond donors (Lipinski definition) is 0. The van der Waals surface area contributed by atoms with Crippen LogP contribution in [0.15, 0.2) is 67.0 Å². The third-order valence-corrected chi connectivity index (χ3v) is 4.62. The van der Waals surface area contributed by atoms with Crippen molar-refractivity contribution in [2.24, 2.45) is 0 Å². The Morgan fingerprint density at radius 2 is 1.20 bits per heavy atom. The molecule has 0 aliphatic carbocycles. The number of nitrogens with zero attached hydrogens (tertiary/aromatic N) is 2. The summed E-state index contributed by atoms with van der Waals surface area (Å²) in [6, 6.07) is 20.5. The van der Waals surface area contributed by atoms with E-state index in [0.29, 0.717) is 12.1 Å². The number of aromatic nitrogens is 2. The molecule has 0 spiro atoms. The zero-order chi connectivity index (χ0) is 18.0. The van der Waals surface area contributed by atoms with Crippen molar-refractivity contribution in [1.29, 1.82) is 0 Å². The van der Waals surface area contributed by atoms with E-state index >= 15 is 0 Å². The fourth-order valence-electron chi connectivity index (χ4n) is 3.26. The summed E-state index contributed by atoms with van der Waals surface area (Å²) >= 11 is 0. The van der Waals surface area contributed by atoms with Gasteiger partial charge in [0.1, 0.15) is 0 Å². The molecular formula is C23H28N2. The van der Waals surface area contributed by atoms with Gasteiger partial charge in [0.05, 0.1) is 0 Å². The SMILES string of the molecule is CC(C)n1ccc2ccccc21.Cc1ccc2ccn(C(C)C)c2c1. The van der Waals surface area contributed by atoms with Gasteiger partial charge in [0.25, 0.3) is 0 Å². The molecule has 0 atom stereocenters. The summed E-state index contributed by atoms with van der Waals surface area (Å²) in [7, 11) is 0. The maximum atomic E-state index is 2.31. The van der Waals surface area contributed by atoms with E-state index in [9.17, 15) is 0 Å². The molecule has 0 radical (unpaired) electrons. The van der Waals surface area contributed by atoms with E-state index in [-0.39, 0.29) is 0 Å². The van der Waals surface area contributed by atoms with E-state index in [0.717, 1.165) is 0 Å². The number of para-hydroxylation sites is 1. The Hall–Kier alpha value is -2.48. The lowest BCUT2D eigenvalue weighted by atomic mass is 10.2. The van der Waals surface area contributed by atoms with Crippen LogP contribution in [0.2, 0.25) is 0 Å². The molecule has 2 aromatic carbocycles. The Morgan fingerprint density at radius 1 is 0.640 bits per heavy atom. The second-order valence-electron chi connectivity index (χ2n) is 7.25. The molecule has 130 valence electrons. The van der Waals surface area contributed by atoms with Gasteiger partial charge in [0.2, 0.25) is 0 Å². The number of aryl methyl sites for hydroxylation is 1. The minimum absolute atomic E-state index is 0.541. The molecule has 0 aliphatic heterocycles. The van der Waals surface area contributed by atoms with Crippen LogP contribution in [0.25, 0.3) is 21.8 Å². The van der Waals surface area contributed by atoms with Gasteiger partial charge in [0.15, 0.2) is 0 Å². The first-order chi connectivity index (χ1) is 12.0. The minimum Gasteiger partial charge on any atom is -0.345 e. The average molecular weight is 332 g/mol. The van der Waals surface area contributed by atoms with Gasteiger partial charge in [-0.3, -0.25) is 0 Å². The molecule has 0 saturated carbocycles. The van der Waals surface area contributed by atoms with Crippen LogP contribution in [0, 0.1) is 6.92 Å². The summed E-state index contributed by atoms with van der Waals surface area (Å²) in [6.07, 6.45) is 4.31. The Bertz CT molecular complexity index is 970. The Kier molecular flexibility index (Phi) is 4.98. The zero-order valence-corrected chi connectivity index (χ0v) is 15.9. The Morgan fingerprint density at radius 3 is 1.84 bits per heavy atom. The standard InChI is InChI=1S/C12H15N.C11H13N/c1-9(2)13-7-6-11-5-4-10(3)8-12(11)13;1-9(2)12-8-7-10-5-3-4-6-11(10)12/h4-9H,1-3H3;3-9H,1-2H3. The van der Waals surface area contributed by atoms with Gasteiger partial charge in [-0.15, -0.1) is 0 Å². The van der Waals surface area contributed by atoms with Crippen LogP contribution < -0.4 is 0 Å². The summed E-state index contributed by atoms with van der Waals surface area (Å²) in [5.74, 6) is 0. The van der Waals surface area contributed by atoms with Gasteiger partial charge >= 0.3 is 0 Å². The molecule has 2 aromatic heterocycles. The van der Waals surface area contributed by atoms with Crippen LogP contribution in [-0.2, 0) is 0 Å². The van der Waals surface area contributed by atoms with Gasteiger partial charge in [-0.05, 0) is 75.2 Å². The minimum atomic E-state index is 0.541. The molecule has 0 fully saturated rings. The van der Waals surface area contributed by atoms with Crippen LogP contribution >= 0.6 is 0 Å². The third kappa shape index (κ3) is 3.63. The molecule has 2 heteroatoms. The average Bonchev–Trinajstić information content (AvgIpc) is 3.19. The quantitative estimate of drug-likeness (QED) is 0.384. The van der Waals surface area contributed by atoms with Crippen molar-refractivity contribution in [2.75, 3.05) is 0 Å². The predicted octanol–water partition coefficient (Wildman–Crippen LogP) is 6.75. The molecule has 0 saturated heterocycles. The van der Waals surface area contributed by atoms with Crippen LogP contribution in [0.5, 0.6) is 0 Å². The zero-order valence-electron chi connectivity index (χ0n) is 15.9. The van der Waals surface area contributed by atoms with Gasteiger partial charge in [-0.25, -0.2) is 0 Å². The normalized spacial score (nSPS) is 11.3. The second kappa shape index (κ2) is 7.18. The van der Waals surface area contributed by atoms with Crippen molar-refractivity contribution in [3.8, 4) is 0 Å². The summed E-state index contributed by atoms with van der Waals surface area (Å²) in [5.41, 5.74) is 4.00. The van der Waals surface area contributed by atoms with Crippen molar-refractivity contribution < 1.29 is 0 Å². The van der Waals surface area contributed by atoms with E-state index in [4.69, 9.17) is 0 Å². The molecule has 0 N–H and O–H groups in total. The molecular weight excluding hydrogens is 304 g/mol. The maximum absolute atomic E-state index is 2.31. The van der Waals surface area contributed by atoms with E-state index in [1.807, 2.05) is 0 Å². The molecule has 25 heavy (non-hydrogen) atoms. The molecule has 0 amide bonds. The number of benzene rings is 2. The fourth-order valence-corrected chi connectivity index (χ4v) is 3.26.